The number of aliphatic imine (C=N–C) groups is 1. The molecule has 1 saturated heterocycles. The smallest absolute Gasteiger partial charge is 0.390 e. The first-order valence-electron chi connectivity index (χ1n) is 9.20. The molecule has 0 saturated carbocycles. The molecular formula is C19H28F3N3O2. The van der Waals surface area contributed by atoms with Crippen LogP contribution < -0.4 is 15.4 Å². The highest BCUT2D eigenvalue weighted by molar-refractivity contribution is 5.79. The van der Waals surface area contributed by atoms with Crippen molar-refractivity contribution in [1.82, 2.24) is 10.6 Å². The number of nitrogens with zero attached hydrogens (tertiary/aromatic N) is 1. The Morgan fingerprint density at radius 1 is 1.19 bits per heavy atom. The van der Waals surface area contributed by atoms with Crippen LogP contribution in [0.5, 0.6) is 5.75 Å². The molecule has 1 aromatic rings. The first-order chi connectivity index (χ1) is 12.9. The van der Waals surface area contributed by atoms with Crippen LogP contribution >= 0.6 is 0 Å². The molecule has 5 nitrogen and oxygen atoms in total. The maximum Gasteiger partial charge on any atom is 0.390 e. The summed E-state index contributed by atoms with van der Waals surface area (Å²) in [5.41, 5.74) is 0.943. The largest absolute Gasteiger partial charge is 0.497 e. The minimum Gasteiger partial charge on any atom is -0.497 e. The molecule has 1 aliphatic rings. The lowest BCUT2D eigenvalue weighted by Gasteiger charge is -2.36. The second-order valence-corrected chi connectivity index (χ2v) is 6.61. The third-order valence-corrected chi connectivity index (χ3v) is 4.74. The molecule has 0 radical (unpaired) electrons. The molecule has 0 amide bonds. The summed E-state index contributed by atoms with van der Waals surface area (Å²) >= 11 is 0. The number of benzene rings is 1. The molecule has 0 atom stereocenters. The molecule has 2 rings (SSSR count). The van der Waals surface area contributed by atoms with E-state index in [0.29, 0.717) is 32.3 Å². The van der Waals surface area contributed by atoms with Gasteiger partial charge in [-0.2, -0.15) is 13.2 Å². The summed E-state index contributed by atoms with van der Waals surface area (Å²) < 4.78 is 47.9. The molecule has 0 aromatic heterocycles. The van der Waals surface area contributed by atoms with Crippen molar-refractivity contribution >= 4 is 5.96 Å². The number of halogens is 3. The van der Waals surface area contributed by atoms with Crippen LogP contribution in [-0.4, -0.2) is 52.1 Å². The van der Waals surface area contributed by atoms with Gasteiger partial charge in [-0.3, -0.25) is 4.99 Å². The fourth-order valence-corrected chi connectivity index (χ4v) is 3.14. The summed E-state index contributed by atoms with van der Waals surface area (Å²) in [7, 11) is 1.62. The van der Waals surface area contributed by atoms with Crippen molar-refractivity contribution in [2.24, 2.45) is 4.99 Å². The molecule has 1 heterocycles. The Kier molecular flexibility index (Phi) is 7.77. The summed E-state index contributed by atoms with van der Waals surface area (Å²) in [6, 6.07) is 7.90. The predicted octanol–water partition coefficient (Wildman–Crippen LogP) is 3.25. The van der Waals surface area contributed by atoms with Crippen LogP contribution in [0.15, 0.2) is 29.3 Å². The molecule has 1 aromatic carbocycles. The first-order valence-corrected chi connectivity index (χ1v) is 9.20. The van der Waals surface area contributed by atoms with Crippen molar-refractivity contribution in [3.05, 3.63) is 29.8 Å². The van der Waals surface area contributed by atoms with Crippen molar-refractivity contribution in [3.63, 3.8) is 0 Å². The van der Waals surface area contributed by atoms with Crippen LogP contribution in [0.3, 0.4) is 0 Å². The Hall–Kier alpha value is -1.96. The van der Waals surface area contributed by atoms with Crippen LogP contribution in [0.25, 0.3) is 0 Å². The third kappa shape index (κ3) is 6.61. The van der Waals surface area contributed by atoms with Crippen molar-refractivity contribution < 1.29 is 22.6 Å². The molecule has 27 heavy (non-hydrogen) atoms. The Morgan fingerprint density at radius 2 is 1.85 bits per heavy atom. The minimum absolute atomic E-state index is 0.198. The zero-order chi connectivity index (χ0) is 19.8. The molecule has 1 aliphatic heterocycles. The molecule has 0 spiro atoms. The Morgan fingerprint density at radius 3 is 2.41 bits per heavy atom. The first kappa shape index (κ1) is 21.3. The van der Waals surface area contributed by atoms with E-state index < -0.39 is 12.6 Å². The number of methoxy groups -OCH3 is 1. The van der Waals surface area contributed by atoms with Crippen molar-refractivity contribution in [2.45, 2.75) is 37.8 Å². The zero-order valence-corrected chi connectivity index (χ0v) is 15.9. The van der Waals surface area contributed by atoms with Crippen LogP contribution in [0, 0.1) is 0 Å². The summed E-state index contributed by atoms with van der Waals surface area (Å²) in [6.07, 6.45) is -3.46. The normalized spacial score (nSPS) is 17.4. The van der Waals surface area contributed by atoms with E-state index in [4.69, 9.17) is 9.47 Å². The van der Waals surface area contributed by atoms with Crippen LogP contribution in [0.4, 0.5) is 13.2 Å². The van der Waals surface area contributed by atoms with Crippen molar-refractivity contribution in [1.29, 1.82) is 0 Å². The molecule has 1 fully saturated rings. The number of guanidine groups is 1. The van der Waals surface area contributed by atoms with Gasteiger partial charge in [-0.25, -0.2) is 0 Å². The lowest BCUT2D eigenvalue weighted by Crippen LogP contribution is -2.42. The maximum absolute atomic E-state index is 12.4. The quantitative estimate of drug-likeness (QED) is 0.557. The number of nitrogens with one attached hydrogen (secondary N) is 2. The fourth-order valence-electron chi connectivity index (χ4n) is 3.14. The fraction of sp³-hybridized carbons (Fsp3) is 0.632. The molecule has 2 N–H and O–H groups in total. The predicted molar refractivity (Wildman–Crippen MR) is 99.4 cm³/mol. The third-order valence-electron chi connectivity index (χ3n) is 4.74. The van der Waals surface area contributed by atoms with Crippen LogP contribution in [-0.2, 0) is 10.2 Å². The number of ether oxygens (including phenoxy) is 2. The average molecular weight is 387 g/mol. The van der Waals surface area contributed by atoms with Gasteiger partial charge < -0.3 is 20.1 Å². The highest BCUT2D eigenvalue weighted by atomic mass is 19.4. The van der Waals surface area contributed by atoms with Gasteiger partial charge in [0, 0.05) is 31.7 Å². The lowest BCUT2D eigenvalue weighted by atomic mass is 9.74. The van der Waals surface area contributed by atoms with Gasteiger partial charge in [0.15, 0.2) is 5.96 Å². The summed E-state index contributed by atoms with van der Waals surface area (Å²) in [5, 5.41) is 5.79. The highest BCUT2D eigenvalue weighted by Crippen LogP contribution is 2.36. The topological polar surface area (TPSA) is 54.9 Å². The summed E-state index contributed by atoms with van der Waals surface area (Å²) in [6.45, 7) is 4.02. The van der Waals surface area contributed by atoms with Crippen LogP contribution in [0.1, 0.15) is 31.7 Å². The van der Waals surface area contributed by atoms with Crippen molar-refractivity contribution in [2.75, 3.05) is 40.0 Å². The Labute approximate surface area is 158 Å². The van der Waals surface area contributed by atoms with Gasteiger partial charge in [0.1, 0.15) is 5.75 Å². The van der Waals surface area contributed by atoms with Gasteiger partial charge in [-0.05, 0) is 37.5 Å². The standard InChI is InChI=1S/C19H28F3N3O2/c1-3-23-17(24-11-8-19(20,21)22)25-14-18(9-12-27-13-10-18)15-4-6-16(26-2)7-5-15/h4-7H,3,8-14H2,1-2H3,(H2,23,24,25). The zero-order valence-electron chi connectivity index (χ0n) is 15.9. The average Bonchev–Trinajstić information content (AvgIpc) is 2.66. The molecular weight excluding hydrogens is 359 g/mol. The SMILES string of the molecule is CCNC(=NCC1(c2ccc(OC)cc2)CCOCC1)NCCC(F)(F)F. The van der Waals surface area contributed by atoms with E-state index in [9.17, 15) is 13.2 Å². The highest BCUT2D eigenvalue weighted by Gasteiger charge is 2.34. The van der Waals surface area contributed by atoms with Gasteiger partial charge >= 0.3 is 6.18 Å². The maximum atomic E-state index is 12.4. The van der Waals surface area contributed by atoms with E-state index in [-0.39, 0.29) is 12.0 Å². The Bertz CT molecular complexity index is 597. The summed E-state index contributed by atoms with van der Waals surface area (Å²) in [5.74, 6) is 1.19. The van der Waals surface area contributed by atoms with E-state index >= 15 is 0 Å². The van der Waals surface area contributed by atoms with Gasteiger partial charge in [0.05, 0.1) is 20.1 Å². The number of rotatable bonds is 7. The number of hydrogen-bond acceptors (Lipinski definition) is 3. The second kappa shape index (κ2) is 9.82. The van der Waals surface area contributed by atoms with Crippen LogP contribution in [0.2, 0.25) is 0 Å². The van der Waals surface area contributed by atoms with Gasteiger partial charge in [-0.1, -0.05) is 12.1 Å². The minimum atomic E-state index is -4.19. The van der Waals surface area contributed by atoms with Crippen molar-refractivity contribution in [3.8, 4) is 5.75 Å². The van der Waals surface area contributed by atoms with E-state index in [0.717, 1.165) is 24.2 Å². The number of alkyl halides is 3. The molecule has 0 aliphatic carbocycles. The molecule has 0 unspecified atom stereocenters. The van der Waals surface area contributed by atoms with Gasteiger partial charge in [0.25, 0.3) is 0 Å². The monoisotopic (exact) mass is 387 g/mol. The van der Waals surface area contributed by atoms with Gasteiger partial charge in [0.2, 0.25) is 0 Å². The van der Waals surface area contributed by atoms with Gasteiger partial charge in [-0.15, -0.1) is 0 Å². The molecule has 0 bridgehead atoms. The lowest BCUT2D eigenvalue weighted by molar-refractivity contribution is -0.132. The van der Waals surface area contributed by atoms with E-state index in [2.05, 4.69) is 15.6 Å². The van der Waals surface area contributed by atoms with E-state index in [1.165, 1.54) is 0 Å². The molecule has 152 valence electrons. The Balaban J connectivity index is 2.13. The molecule has 8 heteroatoms. The van der Waals surface area contributed by atoms with E-state index in [1.54, 1.807) is 7.11 Å². The summed E-state index contributed by atoms with van der Waals surface area (Å²) in [4.78, 5) is 4.59. The second-order valence-electron chi connectivity index (χ2n) is 6.61. The number of hydrogen-bond donors (Lipinski definition) is 2. The van der Waals surface area contributed by atoms with E-state index in [1.807, 2.05) is 31.2 Å².